The number of rotatable bonds is 4. The van der Waals surface area contributed by atoms with Gasteiger partial charge in [0, 0.05) is 13.7 Å². The van der Waals surface area contributed by atoms with Crippen LogP contribution in [0.4, 0.5) is 0 Å². The summed E-state index contributed by atoms with van der Waals surface area (Å²) in [5, 5.41) is 3.65. The summed E-state index contributed by atoms with van der Waals surface area (Å²) in [6.45, 7) is 5.78. The van der Waals surface area contributed by atoms with E-state index in [0.29, 0.717) is 0 Å². The molecule has 0 radical (unpaired) electrons. The van der Waals surface area contributed by atoms with E-state index in [2.05, 4.69) is 10.2 Å². The molecular formula is C12H24N2O. The molecule has 0 saturated carbocycles. The lowest BCUT2D eigenvalue weighted by Gasteiger charge is -2.37. The largest absolute Gasteiger partial charge is 0.383 e. The van der Waals surface area contributed by atoms with Crippen LogP contribution < -0.4 is 5.32 Å². The van der Waals surface area contributed by atoms with Gasteiger partial charge in [-0.15, -0.1) is 0 Å². The number of hydrogen-bond donors (Lipinski definition) is 1. The Bertz CT molecular complexity index is 184. The van der Waals surface area contributed by atoms with E-state index in [4.69, 9.17) is 4.74 Å². The predicted molar refractivity (Wildman–Crippen MR) is 62.1 cm³/mol. The second kappa shape index (κ2) is 5.28. The summed E-state index contributed by atoms with van der Waals surface area (Å²) < 4.78 is 5.38. The molecule has 0 spiro atoms. The van der Waals surface area contributed by atoms with Gasteiger partial charge in [0.05, 0.1) is 12.1 Å². The monoisotopic (exact) mass is 212 g/mol. The molecule has 2 fully saturated rings. The molecule has 0 aromatic rings. The summed E-state index contributed by atoms with van der Waals surface area (Å²) in [5.41, 5.74) is 0.256. The van der Waals surface area contributed by atoms with Gasteiger partial charge in [-0.3, -0.25) is 0 Å². The Kier molecular flexibility index (Phi) is 4.00. The summed E-state index contributed by atoms with van der Waals surface area (Å²) in [6, 6.07) is 0. The van der Waals surface area contributed by atoms with Gasteiger partial charge in [-0.25, -0.2) is 0 Å². The van der Waals surface area contributed by atoms with Crippen LogP contribution in [0.5, 0.6) is 0 Å². The Morgan fingerprint density at radius 1 is 1.20 bits per heavy atom. The summed E-state index contributed by atoms with van der Waals surface area (Å²) in [4.78, 5) is 2.61. The van der Waals surface area contributed by atoms with Crippen LogP contribution in [0.2, 0.25) is 0 Å². The van der Waals surface area contributed by atoms with Crippen LogP contribution in [-0.4, -0.2) is 50.3 Å². The number of nitrogens with one attached hydrogen (secondary N) is 1. The van der Waals surface area contributed by atoms with Crippen molar-refractivity contribution in [2.24, 2.45) is 0 Å². The van der Waals surface area contributed by atoms with Crippen molar-refractivity contribution in [2.75, 3.05) is 39.9 Å². The van der Waals surface area contributed by atoms with Crippen molar-refractivity contribution in [1.82, 2.24) is 10.2 Å². The molecule has 2 rings (SSSR count). The second-order valence-corrected chi connectivity index (χ2v) is 5.08. The molecule has 0 aromatic heterocycles. The summed E-state index contributed by atoms with van der Waals surface area (Å²) in [7, 11) is 1.82. The van der Waals surface area contributed by atoms with E-state index in [-0.39, 0.29) is 5.54 Å². The molecule has 2 heterocycles. The normalized spacial score (nSPS) is 33.4. The number of nitrogens with zero attached hydrogens (tertiary/aromatic N) is 1. The van der Waals surface area contributed by atoms with Crippen molar-refractivity contribution >= 4 is 0 Å². The topological polar surface area (TPSA) is 24.5 Å². The van der Waals surface area contributed by atoms with Crippen molar-refractivity contribution in [3.05, 3.63) is 0 Å². The van der Waals surface area contributed by atoms with E-state index in [1.165, 1.54) is 51.7 Å². The van der Waals surface area contributed by atoms with Crippen LogP contribution in [0, 0.1) is 0 Å². The van der Waals surface area contributed by atoms with E-state index in [9.17, 15) is 0 Å². The molecule has 2 aliphatic heterocycles. The van der Waals surface area contributed by atoms with Crippen LogP contribution in [0.25, 0.3) is 0 Å². The fourth-order valence-corrected chi connectivity index (χ4v) is 2.99. The van der Waals surface area contributed by atoms with Crippen molar-refractivity contribution < 1.29 is 4.74 Å². The van der Waals surface area contributed by atoms with Gasteiger partial charge in [0.15, 0.2) is 0 Å². The fourth-order valence-electron chi connectivity index (χ4n) is 2.99. The third-order valence-corrected chi connectivity index (χ3v) is 3.73. The average molecular weight is 212 g/mol. The maximum atomic E-state index is 5.38. The number of methoxy groups -OCH3 is 1. The standard InChI is InChI=1S/C12H24N2O/c1-15-11-12(6-5-7-13-12)10-14-8-3-2-4-9-14/h13H,2-11H2,1H3. The molecule has 1 atom stereocenters. The van der Waals surface area contributed by atoms with Gasteiger partial charge < -0.3 is 15.0 Å². The first kappa shape index (κ1) is 11.4. The number of piperidine rings is 1. The van der Waals surface area contributed by atoms with E-state index >= 15 is 0 Å². The van der Waals surface area contributed by atoms with Crippen LogP contribution in [0.3, 0.4) is 0 Å². The minimum Gasteiger partial charge on any atom is -0.383 e. The zero-order chi connectivity index (χ0) is 10.6. The quantitative estimate of drug-likeness (QED) is 0.759. The molecule has 0 bridgehead atoms. The molecule has 1 N–H and O–H groups in total. The van der Waals surface area contributed by atoms with Gasteiger partial charge in [0.25, 0.3) is 0 Å². The predicted octanol–water partition coefficient (Wildman–Crippen LogP) is 1.24. The molecule has 3 heteroatoms. The molecule has 3 nitrogen and oxygen atoms in total. The second-order valence-electron chi connectivity index (χ2n) is 5.08. The van der Waals surface area contributed by atoms with Crippen molar-refractivity contribution in [1.29, 1.82) is 0 Å². The number of likely N-dealkylation sites (tertiary alicyclic amines) is 1. The summed E-state index contributed by atoms with van der Waals surface area (Å²) in [5.74, 6) is 0. The zero-order valence-corrected chi connectivity index (χ0v) is 9.93. The lowest BCUT2D eigenvalue weighted by molar-refractivity contribution is 0.0803. The molecule has 0 aromatic carbocycles. The average Bonchev–Trinajstić information content (AvgIpc) is 2.69. The highest BCUT2D eigenvalue weighted by Crippen LogP contribution is 2.22. The third-order valence-electron chi connectivity index (χ3n) is 3.73. The van der Waals surface area contributed by atoms with Crippen molar-refractivity contribution in [3.8, 4) is 0 Å². The van der Waals surface area contributed by atoms with Gasteiger partial charge in [-0.05, 0) is 45.3 Å². The highest BCUT2D eigenvalue weighted by atomic mass is 16.5. The number of ether oxygens (including phenoxy) is 1. The highest BCUT2D eigenvalue weighted by molar-refractivity contribution is 4.95. The van der Waals surface area contributed by atoms with Crippen molar-refractivity contribution in [2.45, 2.75) is 37.6 Å². The van der Waals surface area contributed by atoms with E-state index < -0.39 is 0 Å². The molecule has 15 heavy (non-hydrogen) atoms. The Morgan fingerprint density at radius 3 is 2.60 bits per heavy atom. The third kappa shape index (κ3) is 2.92. The minimum atomic E-state index is 0.256. The molecule has 0 amide bonds. The first-order chi connectivity index (χ1) is 7.35. The summed E-state index contributed by atoms with van der Waals surface area (Å²) in [6.07, 6.45) is 6.75. The SMILES string of the molecule is COCC1(CN2CCCCC2)CCCN1. The molecule has 2 saturated heterocycles. The van der Waals surface area contributed by atoms with Crippen LogP contribution in [-0.2, 0) is 4.74 Å². The molecule has 88 valence electrons. The highest BCUT2D eigenvalue weighted by Gasteiger charge is 2.35. The molecule has 0 aliphatic carbocycles. The Morgan fingerprint density at radius 2 is 2.00 bits per heavy atom. The van der Waals surface area contributed by atoms with Crippen LogP contribution in [0.15, 0.2) is 0 Å². The van der Waals surface area contributed by atoms with Gasteiger partial charge in [-0.2, -0.15) is 0 Å². The zero-order valence-electron chi connectivity index (χ0n) is 9.93. The lowest BCUT2D eigenvalue weighted by Crippen LogP contribution is -2.53. The first-order valence-corrected chi connectivity index (χ1v) is 6.31. The molecule has 2 aliphatic rings. The number of hydrogen-bond acceptors (Lipinski definition) is 3. The summed E-state index contributed by atoms with van der Waals surface area (Å²) >= 11 is 0. The van der Waals surface area contributed by atoms with Gasteiger partial charge in [0.2, 0.25) is 0 Å². The van der Waals surface area contributed by atoms with Crippen molar-refractivity contribution in [3.63, 3.8) is 0 Å². The van der Waals surface area contributed by atoms with E-state index in [1.54, 1.807) is 0 Å². The van der Waals surface area contributed by atoms with E-state index in [1.807, 2.05) is 7.11 Å². The smallest absolute Gasteiger partial charge is 0.0657 e. The maximum Gasteiger partial charge on any atom is 0.0657 e. The van der Waals surface area contributed by atoms with Gasteiger partial charge >= 0.3 is 0 Å². The van der Waals surface area contributed by atoms with Crippen LogP contribution in [0.1, 0.15) is 32.1 Å². The first-order valence-electron chi connectivity index (χ1n) is 6.31. The molecule has 1 unspecified atom stereocenters. The Hall–Kier alpha value is -0.120. The van der Waals surface area contributed by atoms with Gasteiger partial charge in [0.1, 0.15) is 0 Å². The lowest BCUT2D eigenvalue weighted by atomic mass is 9.96. The minimum absolute atomic E-state index is 0.256. The van der Waals surface area contributed by atoms with Gasteiger partial charge in [-0.1, -0.05) is 6.42 Å². The fraction of sp³-hybridized carbons (Fsp3) is 1.00. The van der Waals surface area contributed by atoms with Crippen LogP contribution >= 0.6 is 0 Å². The maximum absolute atomic E-state index is 5.38. The Balaban J connectivity index is 1.87. The van der Waals surface area contributed by atoms with E-state index in [0.717, 1.165) is 13.2 Å². The Labute approximate surface area is 93.2 Å². The molecular weight excluding hydrogens is 188 g/mol.